The fourth-order valence-electron chi connectivity index (χ4n) is 5.36. The quantitative estimate of drug-likeness (QED) is 0.245. The van der Waals surface area contributed by atoms with Gasteiger partial charge in [0, 0.05) is 39.5 Å². The van der Waals surface area contributed by atoms with Gasteiger partial charge in [0.25, 0.3) is 5.91 Å². The maximum absolute atomic E-state index is 13.2. The third-order valence-electron chi connectivity index (χ3n) is 7.60. The fraction of sp³-hybridized carbons (Fsp3) is 0.538. The number of aliphatic hydroxyl groups excluding tert-OH is 1. The van der Waals surface area contributed by atoms with E-state index < -0.39 is 58.5 Å². The predicted octanol–water partition coefficient (Wildman–Crippen LogP) is -0.508. The summed E-state index contributed by atoms with van der Waals surface area (Å²) in [6.07, 6.45) is -0.321. The van der Waals surface area contributed by atoms with E-state index in [9.17, 15) is 33.5 Å². The molecule has 0 spiro atoms. The summed E-state index contributed by atoms with van der Waals surface area (Å²) >= 11 is 0. The van der Waals surface area contributed by atoms with Gasteiger partial charge in [-0.2, -0.15) is 0 Å². The molecule has 3 heterocycles. The highest BCUT2D eigenvalue weighted by Gasteiger charge is 2.58. The monoisotopic (exact) mass is 545 g/mol. The zero-order valence-corrected chi connectivity index (χ0v) is 22.0. The summed E-state index contributed by atoms with van der Waals surface area (Å²) in [5, 5.41) is 16.5. The number of esters is 1. The van der Waals surface area contributed by atoms with Crippen molar-refractivity contribution >= 4 is 35.3 Å². The molecule has 210 valence electrons. The first-order chi connectivity index (χ1) is 18.4. The predicted molar refractivity (Wildman–Crippen MR) is 134 cm³/mol. The molecule has 13 heteroatoms. The second-order valence-corrected chi connectivity index (χ2v) is 10.6. The van der Waals surface area contributed by atoms with Gasteiger partial charge < -0.3 is 30.3 Å². The number of hydrogen-bond donors (Lipinski definition) is 3. The topological polar surface area (TPSA) is 158 Å². The summed E-state index contributed by atoms with van der Waals surface area (Å²) in [4.78, 5) is 70.0. The van der Waals surface area contributed by atoms with Crippen LogP contribution in [0.3, 0.4) is 0 Å². The molecule has 1 aliphatic carbocycles. The first kappa shape index (κ1) is 28.1. The summed E-state index contributed by atoms with van der Waals surface area (Å²) in [5.41, 5.74) is -1.29. The molecule has 0 aromatic heterocycles. The molecular formula is C26H32FN5O7. The van der Waals surface area contributed by atoms with E-state index in [1.807, 2.05) is 0 Å². The van der Waals surface area contributed by atoms with Gasteiger partial charge in [0.15, 0.2) is 12.3 Å². The minimum absolute atomic E-state index is 0.00172. The molecule has 39 heavy (non-hydrogen) atoms. The van der Waals surface area contributed by atoms with Crippen LogP contribution in [0.5, 0.6) is 0 Å². The van der Waals surface area contributed by atoms with Crippen molar-refractivity contribution < 1.29 is 38.2 Å². The Hall–Kier alpha value is -3.87. The molecule has 3 N–H and O–H groups in total. The number of nitrogens with zero attached hydrogens (tertiary/aromatic N) is 3. The number of ether oxygens (including phenoxy) is 1. The highest BCUT2D eigenvalue weighted by Crippen LogP contribution is 2.48. The summed E-state index contributed by atoms with van der Waals surface area (Å²) in [6.45, 7) is 1.41. The van der Waals surface area contributed by atoms with Crippen LogP contribution in [0.4, 0.5) is 4.39 Å². The number of Topliss-reactive ketones (excluding diaryl/α,β-unsaturated/α-hetero) is 1. The first-order valence-corrected chi connectivity index (χ1v) is 12.6. The molecule has 1 aromatic carbocycles. The first-order valence-electron chi connectivity index (χ1n) is 12.6. The van der Waals surface area contributed by atoms with E-state index in [4.69, 9.17) is 4.74 Å². The number of halogens is 1. The molecule has 2 atom stereocenters. The minimum atomic E-state index is -1.76. The number of nitrogens with one attached hydrogen (secondary N) is 2. The lowest BCUT2D eigenvalue weighted by Crippen LogP contribution is -2.66. The standard InChI is InChI=1S/C26H32FN5O7/c1-15(33)39-14-25-8-10-26(11-9-25,30-21(36)23(38)31(2)3)24-29-18(19(34)22(37)32(24)13-25)20(35)28-12-16-4-6-17(27)7-5-16/h4-7,18,22,37H,8-14H2,1-3H3,(H,28,35)(H,30,36). The van der Waals surface area contributed by atoms with Crippen LogP contribution in [0.1, 0.15) is 38.2 Å². The Bertz CT molecular complexity index is 1210. The van der Waals surface area contributed by atoms with E-state index in [1.54, 1.807) is 0 Å². The molecule has 2 bridgehead atoms. The van der Waals surface area contributed by atoms with Gasteiger partial charge >= 0.3 is 17.8 Å². The number of aliphatic hydroxyl groups is 1. The van der Waals surface area contributed by atoms with Gasteiger partial charge in [0.1, 0.15) is 11.7 Å². The normalized spacial score (nSPS) is 27.6. The van der Waals surface area contributed by atoms with Crippen LogP contribution in [0, 0.1) is 11.2 Å². The van der Waals surface area contributed by atoms with E-state index in [0.29, 0.717) is 18.4 Å². The molecule has 3 amide bonds. The highest BCUT2D eigenvalue weighted by atomic mass is 19.1. The second-order valence-electron chi connectivity index (χ2n) is 10.6. The molecule has 5 rings (SSSR count). The van der Waals surface area contributed by atoms with Crippen LogP contribution in [0.15, 0.2) is 29.3 Å². The lowest BCUT2D eigenvalue weighted by molar-refractivity contribution is -0.148. The lowest BCUT2D eigenvalue weighted by Gasteiger charge is -2.43. The van der Waals surface area contributed by atoms with E-state index in [-0.39, 0.29) is 38.4 Å². The highest BCUT2D eigenvalue weighted by molar-refractivity contribution is 6.35. The van der Waals surface area contributed by atoms with Crippen LogP contribution in [-0.4, -0.2) is 95.3 Å². The average Bonchev–Trinajstić information content (AvgIpc) is 3.12. The number of amidine groups is 1. The zero-order valence-electron chi connectivity index (χ0n) is 22.0. The van der Waals surface area contributed by atoms with Crippen molar-refractivity contribution in [1.82, 2.24) is 20.4 Å². The van der Waals surface area contributed by atoms with Crippen LogP contribution < -0.4 is 10.6 Å². The number of aliphatic imine (C=N–C) groups is 1. The largest absolute Gasteiger partial charge is 0.465 e. The molecule has 0 radical (unpaired) electrons. The lowest BCUT2D eigenvalue weighted by atomic mass is 9.69. The molecule has 3 fully saturated rings. The van der Waals surface area contributed by atoms with Gasteiger partial charge in [-0.1, -0.05) is 12.1 Å². The molecule has 4 aliphatic rings. The van der Waals surface area contributed by atoms with E-state index in [2.05, 4.69) is 15.6 Å². The minimum Gasteiger partial charge on any atom is -0.465 e. The van der Waals surface area contributed by atoms with Crippen LogP contribution in [-0.2, 0) is 35.3 Å². The Labute approximate surface area is 224 Å². The average molecular weight is 546 g/mol. The van der Waals surface area contributed by atoms with Crippen LogP contribution in [0.25, 0.3) is 0 Å². The fourth-order valence-corrected chi connectivity index (χ4v) is 5.36. The number of benzene rings is 1. The summed E-state index contributed by atoms with van der Waals surface area (Å²) in [7, 11) is 2.87. The van der Waals surface area contributed by atoms with Crippen molar-refractivity contribution in [2.45, 2.75) is 57.0 Å². The van der Waals surface area contributed by atoms with E-state index in [1.165, 1.54) is 50.2 Å². The van der Waals surface area contributed by atoms with Gasteiger partial charge in [-0.25, -0.2) is 9.38 Å². The maximum Gasteiger partial charge on any atom is 0.311 e. The van der Waals surface area contributed by atoms with Crippen molar-refractivity contribution in [3.8, 4) is 0 Å². The Morgan fingerprint density at radius 2 is 1.79 bits per heavy atom. The van der Waals surface area contributed by atoms with Crippen molar-refractivity contribution in [3.05, 3.63) is 35.6 Å². The molecule has 12 nitrogen and oxygen atoms in total. The number of fused-ring (bicyclic) bond motifs is 2. The summed E-state index contributed by atoms with van der Waals surface area (Å²) in [6, 6.07) is 3.85. The third kappa shape index (κ3) is 5.63. The van der Waals surface area contributed by atoms with Crippen molar-refractivity contribution in [2.75, 3.05) is 27.2 Å². The number of rotatable bonds is 6. The second kappa shape index (κ2) is 10.7. The van der Waals surface area contributed by atoms with Gasteiger partial charge in [0.2, 0.25) is 5.78 Å². The molecule has 3 aliphatic heterocycles. The number of carbonyl (C=O) groups is 5. The smallest absolute Gasteiger partial charge is 0.311 e. The number of hydrogen-bond acceptors (Lipinski definition) is 9. The molecule has 2 unspecified atom stereocenters. The molecule has 1 aromatic rings. The van der Waals surface area contributed by atoms with Crippen LogP contribution in [0.2, 0.25) is 0 Å². The number of likely N-dealkylation sites (N-methyl/N-ethyl adjacent to an activating group) is 1. The third-order valence-corrected chi connectivity index (χ3v) is 7.60. The zero-order chi connectivity index (χ0) is 28.5. The van der Waals surface area contributed by atoms with Crippen molar-refractivity contribution in [1.29, 1.82) is 0 Å². The van der Waals surface area contributed by atoms with Crippen molar-refractivity contribution in [3.63, 3.8) is 0 Å². The Balaban J connectivity index is 1.68. The number of ketones is 1. The van der Waals surface area contributed by atoms with Crippen LogP contribution >= 0.6 is 0 Å². The Kier molecular flexibility index (Phi) is 7.73. The Morgan fingerprint density at radius 1 is 1.15 bits per heavy atom. The molecule has 2 saturated heterocycles. The van der Waals surface area contributed by atoms with Gasteiger partial charge in [0.05, 0.1) is 12.1 Å². The SMILES string of the molecule is CC(=O)OCC12CCC(NC(=O)C(=O)N(C)C)(CC1)C1=NC(C(=O)NCc3ccc(F)cc3)C(=O)C(O)N1C2. The summed E-state index contributed by atoms with van der Waals surface area (Å²) in [5.74, 6) is -4.09. The van der Waals surface area contributed by atoms with Crippen molar-refractivity contribution in [2.24, 2.45) is 10.4 Å². The Morgan fingerprint density at radius 3 is 2.38 bits per heavy atom. The van der Waals surface area contributed by atoms with Gasteiger partial charge in [-0.15, -0.1) is 0 Å². The van der Waals surface area contributed by atoms with Gasteiger partial charge in [-0.3, -0.25) is 24.0 Å². The molecular weight excluding hydrogens is 513 g/mol. The number of carbonyl (C=O) groups excluding carboxylic acids is 5. The molecule has 1 saturated carbocycles. The maximum atomic E-state index is 13.2. The van der Waals surface area contributed by atoms with E-state index in [0.717, 1.165) is 4.90 Å². The number of amides is 3. The van der Waals surface area contributed by atoms with E-state index >= 15 is 0 Å². The van der Waals surface area contributed by atoms with Gasteiger partial charge in [-0.05, 0) is 43.4 Å². The summed E-state index contributed by atoms with van der Waals surface area (Å²) < 4.78 is 18.5.